The number of benzene rings is 2. The Labute approximate surface area is 299 Å². The van der Waals surface area contributed by atoms with E-state index in [0.29, 0.717) is 17.8 Å². The topological polar surface area (TPSA) is 63.6 Å². The van der Waals surface area contributed by atoms with Crippen LogP contribution < -0.4 is 0 Å². The molecule has 0 amide bonds. The van der Waals surface area contributed by atoms with E-state index in [-0.39, 0.29) is 38.6 Å². The van der Waals surface area contributed by atoms with Crippen molar-refractivity contribution in [2.45, 2.75) is 106 Å². The van der Waals surface area contributed by atoms with Crippen molar-refractivity contribution in [2.24, 2.45) is 56.2 Å². The molecule has 268 valence electrons. The van der Waals surface area contributed by atoms with Crippen LogP contribution in [0.25, 0.3) is 5.57 Å². The number of methoxy groups -OCH3 is 1. The highest BCUT2D eigenvalue weighted by atomic mass is 19.1. The molecule has 0 bridgehead atoms. The van der Waals surface area contributed by atoms with Gasteiger partial charge in [0, 0.05) is 0 Å². The maximum Gasteiger partial charge on any atom is 0.340 e. The number of ether oxygens (including phenoxy) is 1. The van der Waals surface area contributed by atoms with Gasteiger partial charge in [-0.2, -0.15) is 0 Å². The first kappa shape index (κ1) is 35.2. The van der Waals surface area contributed by atoms with E-state index in [9.17, 15) is 14.7 Å². The summed E-state index contributed by atoms with van der Waals surface area (Å²) < 4.78 is 20.0. The summed E-state index contributed by atoms with van der Waals surface area (Å²) in [5, 5.41) is 11.1. The van der Waals surface area contributed by atoms with Crippen molar-refractivity contribution in [3.05, 3.63) is 89.3 Å². The second kappa shape index (κ2) is 11.7. The van der Waals surface area contributed by atoms with E-state index in [0.717, 1.165) is 75.3 Å². The molecule has 5 heteroatoms. The zero-order valence-electron chi connectivity index (χ0n) is 31.3. The molecule has 9 atom stereocenters. The summed E-state index contributed by atoms with van der Waals surface area (Å²) in [5.41, 5.74) is 3.43. The first-order valence-electron chi connectivity index (χ1n) is 19.0. The lowest BCUT2D eigenvalue weighted by atomic mass is 9.32. The normalized spacial score (nSPS) is 40.0. The molecule has 4 fully saturated rings. The number of carbonyl (C=O) groups excluding carboxylic acids is 1. The summed E-state index contributed by atoms with van der Waals surface area (Å²) in [7, 11) is 1.28. The van der Waals surface area contributed by atoms with Crippen molar-refractivity contribution in [1.29, 1.82) is 0 Å². The number of esters is 1. The minimum absolute atomic E-state index is 0.0101. The number of halogens is 1. The summed E-state index contributed by atoms with van der Waals surface area (Å²) in [4.78, 5) is 25.6. The minimum atomic E-state index is -0.703. The van der Waals surface area contributed by atoms with Crippen LogP contribution in [0.2, 0.25) is 0 Å². The lowest BCUT2D eigenvalue weighted by molar-refractivity contribution is -0.233. The molecule has 4 saturated carbocycles. The van der Waals surface area contributed by atoms with Crippen molar-refractivity contribution in [2.75, 3.05) is 7.11 Å². The summed E-state index contributed by atoms with van der Waals surface area (Å²) in [6.45, 7) is 19.2. The quantitative estimate of drug-likeness (QED) is 0.244. The number of carbonyl (C=O) groups is 2. The first-order chi connectivity index (χ1) is 23.5. The Morgan fingerprint density at radius 1 is 0.900 bits per heavy atom. The predicted octanol–water partition coefficient (Wildman–Crippen LogP) is 11.0. The molecule has 1 N–H and O–H groups in total. The molecule has 0 aromatic heterocycles. The van der Waals surface area contributed by atoms with Gasteiger partial charge in [0.05, 0.1) is 18.1 Å². The van der Waals surface area contributed by atoms with Crippen molar-refractivity contribution in [3.63, 3.8) is 0 Å². The van der Waals surface area contributed by atoms with Crippen molar-refractivity contribution in [1.82, 2.24) is 0 Å². The summed E-state index contributed by atoms with van der Waals surface area (Å²) >= 11 is 0. The Kier molecular flexibility index (Phi) is 8.20. The fourth-order valence-corrected chi connectivity index (χ4v) is 14.0. The molecular weight excluding hydrogens is 623 g/mol. The average Bonchev–Trinajstić information content (AvgIpc) is 3.41. The van der Waals surface area contributed by atoms with Gasteiger partial charge >= 0.3 is 11.9 Å². The number of fused-ring (bicyclic) bond motifs is 7. The maximum atomic E-state index is 15.2. The van der Waals surface area contributed by atoms with E-state index < -0.39 is 23.2 Å². The van der Waals surface area contributed by atoms with Gasteiger partial charge in [0.2, 0.25) is 0 Å². The molecule has 7 rings (SSSR count). The van der Waals surface area contributed by atoms with E-state index >= 15 is 4.39 Å². The molecule has 5 aliphatic rings. The highest BCUT2D eigenvalue weighted by Crippen LogP contribution is 2.79. The van der Waals surface area contributed by atoms with Crippen LogP contribution in [-0.4, -0.2) is 24.2 Å². The number of aliphatic carboxylic acids is 1. The van der Waals surface area contributed by atoms with Crippen molar-refractivity contribution >= 4 is 17.5 Å². The summed E-state index contributed by atoms with van der Waals surface area (Å²) in [6.07, 6.45) is 11.9. The molecule has 50 heavy (non-hydrogen) atoms. The Hall–Kier alpha value is -3.21. The zero-order valence-corrected chi connectivity index (χ0v) is 31.3. The molecule has 5 aliphatic carbocycles. The Bertz CT molecular complexity index is 1760. The number of rotatable bonds is 6. The largest absolute Gasteiger partial charge is 0.481 e. The van der Waals surface area contributed by atoms with Crippen LogP contribution in [0, 0.1) is 62.0 Å². The van der Waals surface area contributed by atoms with Crippen LogP contribution in [-0.2, 0) is 16.0 Å². The highest BCUT2D eigenvalue weighted by molar-refractivity contribution is 5.90. The molecule has 2 aromatic rings. The number of carboxylic acids is 1. The van der Waals surface area contributed by atoms with Crippen LogP contribution in [0.15, 0.2) is 66.8 Å². The van der Waals surface area contributed by atoms with Gasteiger partial charge in [-0.05, 0) is 151 Å². The van der Waals surface area contributed by atoms with Gasteiger partial charge in [0.15, 0.2) is 0 Å². The average molecular weight is 681 g/mol. The van der Waals surface area contributed by atoms with Gasteiger partial charge < -0.3 is 9.84 Å². The molecular formula is C45H57FO4. The van der Waals surface area contributed by atoms with Crippen LogP contribution in [0.5, 0.6) is 0 Å². The van der Waals surface area contributed by atoms with Crippen LogP contribution in [0.3, 0.4) is 0 Å². The molecule has 0 spiro atoms. The van der Waals surface area contributed by atoms with Gasteiger partial charge in [-0.1, -0.05) is 89.2 Å². The fourth-order valence-electron chi connectivity index (χ4n) is 14.0. The molecule has 0 aliphatic heterocycles. The molecule has 0 unspecified atom stereocenters. The van der Waals surface area contributed by atoms with E-state index in [4.69, 9.17) is 4.74 Å². The number of hydrogen-bond acceptors (Lipinski definition) is 3. The monoisotopic (exact) mass is 680 g/mol. The number of hydrogen-bond donors (Lipinski definition) is 1. The molecule has 0 saturated heterocycles. The lowest BCUT2D eigenvalue weighted by Crippen LogP contribution is -2.66. The van der Waals surface area contributed by atoms with Crippen LogP contribution in [0.1, 0.15) is 121 Å². The summed E-state index contributed by atoms with van der Waals surface area (Å²) in [5.74, 6) is -0.501. The van der Waals surface area contributed by atoms with E-state index in [1.807, 2.05) is 6.07 Å². The van der Waals surface area contributed by atoms with Gasteiger partial charge in [-0.25, -0.2) is 9.18 Å². The number of carboxylic acid groups (broad SMARTS) is 1. The second-order valence-corrected chi connectivity index (χ2v) is 18.4. The van der Waals surface area contributed by atoms with Gasteiger partial charge in [-0.3, -0.25) is 4.79 Å². The fraction of sp³-hybridized carbons (Fsp3) is 0.600. The minimum Gasteiger partial charge on any atom is -0.481 e. The van der Waals surface area contributed by atoms with Crippen molar-refractivity contribution in [3.8, 4) is 0 Å². The maximum absolute atomic E-state index is 15.2. The van der Waals surface area contributed by atoms with Gasteiger partial charge in [0.1, 0.15) is 5.82 Å². The standard InChI is InChI=1S/C45H57FO4/c1-28(2)45(27-29-12-10-9-11-13-29)25-24-44(39(48)49)23-22-42(6)33(37(44)45)16-17-36-41(5)20-18-32(40(3,4)35(41)19-21-43(36,42)7)30-14-15-31(34(46)26-30)38(47)50-8/h9-15,18,26,33,35-37H,1,16-17,19-25,27H2,2-8H3,(H,48,49)/t33-,35+,36-,37+,41+,42-,43-,44+,45+/m1/s1. The van der Waals surface area contributed by atoms with Crippen molar-refractivity contribution < 1.29 is 23.8 Å². The van der Waals surface area contributed by atoms with E-state index in [1.54, 1.807) is 6.07 Å². The molecule has 4 nitrogen and oxygen atoms in total. The Balaban J connectivity index is 1.27. The molecule has 2 aromatic carbocycles. The zero-order chi connectivity index (χ0) is 36.1. The third-order valence-corrected chi connectivity index (χ3v) is 16.5. The van der Waals surface area contributed by atoms with Gasteiger partial charge in [-0.15, -0.1) is 0 Å². The number of allylic oxidation sites excluding steroid dienone is 3. The smallest absolute Gasteiger partial charge is 0.340 e. The second-order valence-electron chi connectivity index (χ2n) is 18.4. The third kappa shape index (κ3) is 4.59. The van der Waals surface area contributed by atoms with E-state index in [1.165, 1.54) is 24.3 Å². The van der Waals surface area contributed by atoms with E-state index in [2.05, 4.69) is 84.5 Å². The van der Waals surface area contributed by atoms with Crippen LogP contribution >= 0.6 is 0 Å². The summed E-state index contributed by atoms with van der Waals surface area (Å²) in [6, 6.07) is 15.7. The highest BCUT2D eigenvalue weighted by Gasteiger charge is 2.74. The first-order valence-corrected chi connectivity index (χ1v) is 19.0. The molecule has 0 radical (unpaired) electrons. The Morgan fingerprint density at radius 2 is 1.60 bits per heavy atom. The SMILES string of the molecule is C=C(C)[C@@]1(Cc2ccccc2)CC[C@@]2(C(=O)O)CC[C@]3(C)[C@H](CC[C@@H]4[C@@]5(C)CC=C(c6ccc(C(=O)OC)c(F)c6)C(C)(C)[C@@H]5CC[C@]43C)[C@H]12. The van der Waals surface area contributed by atoms with Gasteiger partial charge in [0.25, 0.3) is 0 Å². The van der Waals surface area contributed by atoms with Crippen LogP contribution in [0.4, 0.5) is 4.39 Å². The third-order valence-electron chi connectivity index (χ3n) is 16.5. The Morgan fingerprint density at radius 3 is 2.24 bits per heavy atom. The predicted molar refractivity (Wildman–Crippen MR) is 197 cm³/mol. The lowest BCUT2D eigenvalue weighted by Gasteiger charge is -2.72. The molecule has 0 heterocycles.